The highest BCUT2D eigenvalue weighted by molar-refractivity contribution is 5.79. The van der Waals surface area contributed by atoms with E-state index < -0.39 is 0 Å². The number of aliphatic hydroxyl groups excluding tert-OH is 1. The summed E-state index contributed by atoms with van der Waals surface area (Å²) in [6.07, 6.45) is 8.30. The Labute approximate surface area is 155 Å². The van der Waals surface area contributed by atoms with Gasteiger partial charge in [0.05, 0.1) is 17.8 Å². The standard InChI is InChI=1S/C20H30N4O2/c1-20(2)10-16(22-18(26)13-4-3-5-13)15-12-21-19(23-17(15)11-20)24-8-6-14(25)7-9-24/h12-14,16,25H,3-11H2,1-2H3,(H,22,26). The molecule has 0 spiro atoms. The molecule has 1 unspecified atom stereocenters. The molecule has 6 nitrogen and oxygen atoms in total. The van der Waals surface area contributed by atoms with Crippen molar-refractivity contribution in [2.45, 2.75) is 70.9 Å². The second-order valence-corrected chi connectivity index (χ2v) is 9.02. The van der Waals surface area contributed by atoms with Crippen molar-refractivity contribution in [1.29, 1.82) is 0 Å². The number of hydrogen-bond donors (Lipinski definition) is 2. The maximum atomic E-state index is 12.5. The summed E-state index contributed by atoms with van der Waals surface area (Å²) in [7, 11) is 0. The zero-order chi connectivity index (χ0) is 18.3. The number of aliphatic hydroxyl groups is 1. The lowest BCUT2D eigenvalue weighted by molar-refractivity contribution is -0.128. The predicted molar refractivity (Wildman–Crippen MR) is 99.8 cm³/mol. The SMILES string of the molecule is CC1(C)Cc2nc(N3CCC(O)CC3)ncc2C(NC(=O)C2CCC2)C1. The second kappa shape index (κ2) is 6.80. The van der Waals surface area contributed by atoms with Crippen molar-refractivity contribution in [3.63, 3.8) is 0 Å². The third-order valence-corrected chi connectivity index (χ3v) is 6.21. The lowest BCUT2D eigenvalue weighted by atomic mass is 9.74. The monoisotopic (exact) mass is 358 g/mol. The number of aromatic nitrogens is 2. The van der Waals surface area contributed by atoms with Crippen LogP contribution in [0.5, 0.6) is 0 Å². The van der Waals surface area contributed by atoms with E-state index in [-0.39, 0.29) is 29.4 Å². The van der Waals surface area contributed by atoms with Crippen LogP contribution in [0.25, 0.3) is 0 Å². The van der Waals surface area contributed by atoms with Crippen LogP contribution < -0.4 is 10.2 Å². The Balaban J connectivity index is 1.55. The summed E-state index contributed by atoms with van der Waals surface area (Å²) in [5.41, 5.74) is 2.25. The molecule has 0 bridgehead atoms. The molecule has 0 aromatic carbocycles. The Hall–Kier alpha value is -1.69. The van der Waals surface area contributed by atoms with Crippen LogP contribution in [0.3, 0.4) is 0 Å². The number of rotatable bonds is 3. The first-order chi connectivity index (χ1) is 12.4. The molecule has 1 aromatic heterocycles. The van der Waals surface area contributed by atoms with Crippen molar-refractivity contribution in [2.75, 3.05) is 18.0 Å². The third-order valence-electron chi connectivity index (χ3n) is 6.21. The molecule has 1 atom stereocenters. The fourth-order valence-electron chi connectivity index (χ4n) is 4.34. The number of piperidine rings is 1. The zero-order valence-corrected chi connectivity index (χ0v) is 15.9. The Bertz CT molecular complexity index is 678. The van der Waals surface area contributed by atoms with E-state index in [2.05, 4.69) is 29.0 Å². The van der Waals surface area contributed by atoms with Gasteiger partial charge in [-0.15, -0.1) is 0 Å². The van der Waals surface area contributed by atoms with Gasteiger partial charge in [0.2, 0.25) is 11.9 Å². The van der Waals surface area contributed by atoms with E-state index in [0.29, 0.717) is 0 Å². The third kappa shape index (κ3) is 3.56. The van der Waals surface area contributed by atoms with E-state index in [9.17, 15) is 9.90 Å². The first kappa shape index (κ1) is 17.7. The Morgan fingerprint density at radius 2 is 2.00 bits per heavy atom. The molecule has 4 rings (SSSR count). The van der Waals surface area contributed by atoms with E-state index >= 15 is 0 Å². The van der Waals surface area contributed by atoms with Gasteiger partial charge in [-0.05, 0) is 43.9 Å². The average molecular weight is 358 g/mol. The maximum Gasteiger partial charge on any atom is 0.225 e. The molecule has 1 amide bonds. The molecule has 142 valence electrons. The molecule has 6 heteroatoms. The summed E-state index contributed by atoms with van der Waals surface area (Å²) in [4.78, 5) is 24.1. The van der Waals surface area contributed by atoms with Crippen LogP contribution in [0.1, 0.15) is 69.7 Å². The first-order valence-corrected chi connectivity index (χ1v) is 10.0. The van der Waals surface area contributed by atoms with Crippen molar-refractivity contribution >= 4 is 11.9 Å². The molecule has 26 heavy (non-hydrogen) atoms. The summed E-state index contributed by atoms with van der Waals surface area (Å²) in [5, 5.41) is 13.0. The summed E-state index contributed by atoms with van der Waals surface area (Å²) in [6, 6.07) is 0.0130. The minimum absolute atomic E-state index is 0.0130. The summed E-state index contributed by atoms with van der Waals surface area (Å²) < 4.78 is 0. The highest BCUT2D eigenvalue weighted by Gasteiger charge is 2.36. The molecule has 2 N–H and O–H groups in total. The van der Waals surface area contributed by atoms with Crippen LogP contribution in [-0.2, 0) is 11.2 Å². The van der Waals surface area contributed by atoms with Crippen LogP contribution in [0.2, 0.25) is 0 Å². The minimum Gasteiger partial charge on any atom is -0.393 e. The fraction of sp³-hybridized carbons (Fsp3) is 0.750. The molecule has 1 saturated heterocycles. The topological polar surface area (TPSA) is 78.3 Å². The van der Waals surface area contributed by atoms with Crippen molar-refractivity contribution in [3.05, 3.63) is 17.5 Å². The number of carbonyl (C=O) groups excluding carboxylic acids is 1. The molecule has 3 aliphatic rings. The lowest BCUT2D eigenvalue weighted by Crippen LogP contribution is -2.42. The van der Waals surface area contributed by atoms with Crippen molar-refractivity contribution in [2.24, 2.45) is 11.3 Å². The summed E-state index contributed by atoms with van der Waals surface area (Å²) in [6.45, 7) is 6.09. The van der Waals surface area contributed by atoms with E-state index in [1.807, 2.05) is 6.20 Å². The van der Waals surface area contributed by atoms with Gasteiger partial charge in [-0.1, -0.05) is 20.3 Å². The van der Waals surface area contributed by atoms with Gasteiger partial charge in [0.15, 0.2) is 0 Å². The molecule has 2 aliphatic carbocycles. The fourth-order valence-corrected chi connectivity index (χ4v) is 4.34. The molecular weight excluding hydrogens is 328 g/mol. The van der Waals surface area contributed by atoms with Gasteiger partial charge in [0.1, 0.15) is 0 Å². The highest BCUT2D eigenvalue weighted by Crippen LogP contribution is 2.41. The number of hydrogen-bond acceptors (Lipinski definition) is 5. The molecule has 1 saturated carbocycles. The molecule has 0 radical (unpaired) electrons. The van der Waals surface area contributed by atoms with Crippen molar-refractivity contribution in [3.8, 4) is 0 Å². The Morgan fingerprint density at radius 1 is 1.27 bits per heavy atom. The van der Waals surface area contributed by atoms with Crippen molar-refractivity contribution in [1.82, 2.24) is 15.3 Å². The largest absolute Gasteiger partial charge is 0.393 e. The van der Waals surface area contributed by atoms with Crippen LogP contribution in [0.15, 0.2) is 6.20 Å². The van der Waals surface area contributed by atoms with Gasteiger partial charge in [-0.3, -0.25) is 4.79 Å². The summed E-state index contributed by atoms with van der Waals surface area (Å²) in [5.74, 6) is 1.15. The second-order valence-electron chi connectivity index (χ2n) is 9.02. The van der Waals surface area contributed by atoms with Gasteiger partial charge < -0.3 is 15.3 Å². The smallest absolute Gasteiger partial charge is 0.225 e. The van der Waals surface area contributed by atoms with Crippen LogP contribution in [0, 0.1) is 11.3 Å². The average Bonchev–Trinajstić information content (AvgIpc) is 2.52. The van der Waals surface area contributed by atoms with Crippen LogP contribution >= 0.6 is 0 Å². The van der Waals surface area contributed by atoms with Crippen LogP contribution in [0.4, 0.5) is 5.95 Å². The van der Waals surface area contributed by atoms with E-state index in [4.69, 9.17) is 4.98 Å². The van der Waals surface area contributed by atoms with Gasteiger partial charge in [0.25, 0.3) is 0 Å². The molecule has 1 aliphatic heterocycles. The molecular formula is C20H30N4O2. The minimum atomic E-state index is -0.200. The number of amides is 1. The van der Waals surface area contributed by atoms with E-state index in [1.165, 1.54) is 6.42 Å². The Kier molecular flexibility index (Phi) is 4.63. The van der Waals surface area contributed by atoms with E-state index in [0.717, 1.165) is 68.8 Å². The molecule has 2 fully saturated rings. The van der Waals surface area contributed by atoms with Crippen molar-refractivity contribution < 1.29 is 9.90 Å². The summed E-state index contributed by atoms with van der Waals surface area (Å²) >= 11 is 0. The molecule has 2 heterocycles. The quantitative estimate of drug-likeness (QED) is 0.867. The van der Waals surface area contributed by atoms with Gasteiger partial charge >= 0.3 is 0 Å². The van der Waals surface area contributed by atoms with Gasteiger partial charge in [0, 0.05) is 30.8 Å². The lowest BCUT2D eigenvalue weighted by Gasteiger charge is -2.38. The maximum absolute atomic E-state index is 12.5. The number of carbonyl (C=O) groups is 1. The van der Waals surface area contributed by atoms with Gasteiger partial charge in [-0.25, -0.2) is 9.97 Å². The van der Waals surface area contributed by atoms with E-state index in [1.54, 1.807) is 0 Å². The predicted octanol–water partition coefficient (Wildman–Crippen LogP) is 2.37. The number of anilines is 1. The molecule has 1 aromatic rings. The van der Waals surface area contributed by atoms with Gasteiger partial charge in [-0.2, -0.15) is 0 Å². The van der Waals surface area contributed by atoms with Crippen LogP contribution in [-0.4, -0.2) is 40.2 Å². The number of fused-ring (bicyclic) bond motifs is 1. The normalized spacial score (nSPS) is 26.1. The first-order valence-electron chi connectivity index (χ1n) is 10.0. The Morgan fingerprint density at radius 3 is 2.65 bits per heavy atom. The number of nitrogens with zero attached hydrogens (tertiary/aromatic N) is 3. The zero-order valence-electron chi connectivity index (χ0n) is 15.9. The highest BCUT2D eigenvalue weighted by atomic mass is 16.3. The number of nitrogens with one attached hydrogen (secondary N) is 1.